The summed E-state index contributed by atoms with van der Waals surface area (Å²) in [7, 11) is 2.28. The fourth-order valence-corrected chi connectivity index (χ4v) is 2.74. The van der Waals surface area contributed by atoms with Gasteiger partial charge in [-0.3, -0.25) is 0 Å². The van der Waals surface area contributed by atoms with Gasteiger partial charge in [0, 0.05) is 12.6 Å². The van der Waals surface area contributed by atoms with Crippen molar-refractivity contribution >= 4 is 24.2 Å². The zero-order chi connectivity index (χ0) is 11.1. The van der Waals surface area contributed by atoms with E-state index in [4.69, 9.17) is 0 Å². The molecule has 1 fully saturated rings. The lowest BCUT2D eigenvalue weighted by Gasteiger charge is -2.31. The summed E-state index contributed by atoms with van der Waals surface area (Å²) < 4.78 is 0. The molecule has 0 aromatic carbocycles. The van der Waals surface area contributed by atoms with Gasteiger partial charge in [-0.05, 0) is 64.2 Å². The van der Waals surface area contributed by atoms with E-state index >= 15 is 0 Å². The Morgan fingerprint density at radius 2 is 2.00 bits per heavy atom. The van der Waals surface area contributed by atoms with E-state index in [0.717, 1.165) is 12.0 Å². The standard InChI is InChI=1S/C12H26N2S.ClH/c1-11(6-9-15-3)14(2)10-12-4-7-13-8-5-12;/h11-13H,4-10H2,1-3H3;1H. The zero-order valence-corrected chi connectivity index (χ0v) is 12.5. The number of nitrogens with one attached hydrogen (secondary N) is 1. The molecule has 1 rings (SSSR count). The van der Waals surface area contributed by atoms with Crippen molar-refractivity contribution < 1.29 is 0 Å². The zero-order valence-electron chi connectivity index (χ0n) is 10.9. The van der Waals surface area contributed by atoms with Gasteiger partial charge in [-0.1, -0.05) is 0 Å². The van der Waals surface area contributed by atoms with Gasteiger partial charge in [0.05, 0.1) is 0 Å². The Morgan fingerprint density at radius 1 is 1.38 bits per heavy atom. The summed E-state index contributed by atoms with van der Waals surface area (Å²) in [5.41, 5.74) is 0. The van der Waals surface area contributed by atoms with E-state index in [-0.39, 0.29) is 12.4 Å². The molecule has 1 N–H and O–H groups in total. The van der Waals surface area contributed by atoms with Crippen LogP contribution < -0.4 is 5.32 Å². The molecular weight excluding hydrogens is 240 g/mol. The van der Waals surface area contributed by atoms with Gasteiger partial charge in [-0.25, -0.2) is 0 Å². The van der Waals surface area contributed by atoms with Crippen molar-refractivity contribution in [2.75, 3.05) is 38.7 Å². The number of hydrogen-bond donors (Lipinski definition) is 1. The molecule has 0 saturated carbocycles. The third kappa shape index (κ3) is 6.33. The molecule has 2 nitrogen and oxygen atoms in total. The summed E-state index contributed by atoms with van der Waals surface area (Å²) >= 11 is 1.96. The Balaban J connectivity index is 0.00000225. The van der Waals surface area contributed by atoms with E-state index in [1.165, 1.54) is 44.6 Å². The minimum atomic E-state index is 0. The number of nitrogens with zero attached hydrogens (tertiary/aromatic N) is 1. The average molecular weight is 267 g/mol. The highest BCUT2D eigenvalue weighted by molar-refractivity contribution is 7.98. The normalized spacial score (nSPS) is 19.5. The first-order valence-corrected chi connectivity index (χ1v) is 7.53. The molecule has 4 heteroatoms. The van der Waals surface area contributed by atoms with Crippen LogP contribution >= 0.6 is 24.2 Å². The van der Waals surface area contributed by atoms with Gasteiger partial charge < -0.3 is 10.2 Å². The molecule has 0 aromatic rings. The molecule has 98 valence electrons. The third-order valence-corrected chi connectivity index (χ3v) is 4.14. The minimum Gasteiger partial charge on any atom is -0.317 e. The van der Waals surface area contributed by atoms with Crippen molar-refractivity contribution in [2.24, 2.45) is 5.92 Å². The van der Waals surface area contributed by atoms with Crippen LogP contribution in [0.2, 0.25) is 0 Å². The Morgan fingerprint density at radius 3 is 2.56 bits per heavy atom. The highest BCUT2D eigenvalue weighted by Crippen LogP contribution is 2.15. The molecule has 1 heterocycles. The first kappa shape index (κ1) is 16.6. The lowest BCUT2D eigenvalue weighted by atomic mass is 9.97. The monoisotopic (exact) mass is 266 g/mol. The molecular formula is C12H27ClN2S. The van der Waals surface area contributed by atoms with Crippen molar-refractivity contribution in [1.82, 2.24) is 10.2 Å². The topological polar surface area (TPSA) is 15.3 Å². The predicted molar refractivity (Wildman–Crippen MR) is 77.9 cm³/mol. The maximum atomic E-state index is 3.43. The number of hydrogen-bond acceptors (Lipinski definition) is 3. The van der Waals surface area contributed by atoms with Crippen LogP contribution in [0.4, 0.5) is 0 Å². The highest BCUT2D eigenvalue weighted by atomic mass is 35.5. The SMILES string of the molecule is CSCCC(C)N(C)CC1CCNCC1.Cl. The van der Waals surface area contributed by atoms with Crippen molar-refractivity contribution in [3.05, 3.63) is 0 Å². The minimum absolute atomic E-state index is 0. The van der Waals surface area contributed by atoms with E-state index in [2.05, 4.69) is 30.4 Å². The van der Waals surface area contributed by atoms with E-state index < -0.39 is 0 Å². The summed E-state index contributed by atoms with van der Waals surface area (Å²) in [6.07, 6.45) is 6.24. The van der Waals surface area contributed by atoms with Crippen LogP contribution in [0.15, 0.2) is 0 Å². The van der Waals surface area contributed by atoms with Crippen LogP contribution in [0.25, 0.3) is 0 Å². The molecule has 1 aliphatic heterocycles. The summed E-state index contributed by atoms with van der Waals surface area (Å²) in [4.78, 5) is 2.55. The Bertz CT molecular complexity index is 163. The molecule has 0 radical (unpaired) electrons. The molecule has 1 aliphatic rings. The maximum absolute atomic E-state index is 3.43. The molecule has 1 unspecified atom stereocenters. The van der Waals surface area contributed by atoms with Gasteiger partial charge in [0.2, 0.25) is 0 Å². The summed E-state index contributed by atoms with van der Waals surface area (Å²) in [6.45, 7) is 6.09. The summed E-state index contributed by atoms with van der Waals surface area (Å²) in [5.74, 6) is 2.21. The van der Waals surface area contributed by atoms with Gasteiger partial charge in [-0.15, -0.1) is 12.4 Å². The molecule has 16 heavy (non-hydrogen) atoms. The Kier molecular flexibility index (Phi) is 9.91. The first-order valence-electron chi connectivity index (χ1n) is 6.14. The van der Waals surface area contributed by atoms with Gasteiger partial charge in [-0.2, -0.15) is 11.8 Å². The van der Waals surface area contributed by atoms with Crippen molar-refractivity contribution in [3.63, 3.8) is 0 Å². The molecule has 1 atom stereocenters. The molecule has 0 bridgehead atoms. The second kappa shape index (κ2) is 9.58. The summed E-state index contributed by atoms with van der Waals surface area (Å²) in [5, 5.41) is 3.43. The number of piperidine rings is 1. The fourth-order valence-electron chi connectivity index (χ4n) is 2.16. The van der Waals surface area contributed by atoms with Gasteiger partial charge in [0.15, 0.2) is 0 Å². The van der Waals surface area contributed by atoms with Crippen LogP contribution in [0.1, 0.15) is 26.2 Å². The van der Waals surface area contributed by atoms with Crippen LogP contribution in [-0.2, 0) is 0 Å². The number of thioether (sulfide) groups is 1. The maximum Gasteiger partial charge on any atom is 0.00718 e. The first-order chi connectivity index (χ1) is 7.24. The second-order valence-corrected chi connectivity index (χ2v) is 5.75. The average Bonchev–Trinajstić information content (AvgIpc) is 2.27. The summed E-state index contributed by atoms with van der Waals surface area (Å²) in [6, 6.07) is 0.743. The lowest BCUT2D eigenvalue weighted by Crippen LogP contribution is -2.38. The molecule has 1 saturated heterocycles. The largest absolute Gasteiger partial charge is 0.317 e. The van der Waals surface area contributed by atoms with E-state index in [0.29, 0.717) is 0 Å². The molecule has 0 aromatic heterocycles. The van der Waals surface area contributed by atoms with Crippen molar-refractivity contribution in [3.8, 4) is 0 Å². The number of rotatable bonds is 6. The Hall–Kier alpha value is 0.560. The van der Waals surface area contributed by atoms with Crippen LogP contribution in [0, 0.1) is 5.92 Å². The lowest BCUT2D eigenvalue weighted by molar-refractivity contribution is 0.193. The van der Waals surface area contributed by atoms with Crippen LogP contribution in [0.3, 0.4) is 0 Å². The van der Waals surface area contributed by atoms with Gasteiger partial charge in [0.25, 0.3) is 0 Å². The predicted octanol–water partition coefficient (Wildman–Crippen LogP) is 2.48. The smallest absolute Gasteiger partial charge is 0.00718 e. The quantitative estimate of drug-likeness (QED) is 0.795. The van der Waals surface area contributed by atoms with Crippen molar-refractivity contribution in [2.45, 2.75) is 32.2 Å². The second-order valence-electron chi connectivity index (χ2n) is 4.76. The van der Waals surface area contributed by atoms with Gasteiger partial charge in [0.1, 0.15) is 0 Å². The molecule has 0 amide bonds. The highest BCUT2D eigenvalue weighted by Gasteiger charge is 2.17. The van der Waals surface area contributed by atoms with Gasteiger partial charge >= 0.3 is 0 Å². The van der Waals surface area contributed by atoms with E-state index in [1.807, 2.05) is 11.8 Å². The fraction of sp³-hybridized carbons (Fsp3) is 1.00. The van der Waals surface area contributed by atoms with E-state index in [9.17, 15) is 0 Å². The van der Waals surface area contributed by atoms with Crippen molar-refractivity contribution in [1.29, 1.82) is 0 Å². The third-order valence-electron chi connectivity index (χ3n) is 3.50. The van der Waals surface area contributed by atoms with Crippen LogP contribution in [-0.4, -0.2) is 49.6 Å². The van der Waals surface area contributed by atoms with Crippen LogP contribution in [0.5, 0.6) is 0 Å². The Labute approximate surface area is 111 Å². The number of halogens is 1. The molecule has 0 spiro atoms. The molecule has 0 aliphatic carbocycles. The van der Waals surface area contributed by atoms with E-state index in [1.54, 1.807) is 0 Å².